The summed E-state index contributed by atoms with van der Waals surface area (Å²) in [4.78, 5) is 51.8. The van der Waals surface area contributed by atoms with Gasteiger partial charge in [0.2, 0.25) is 17.7 Å². The van der Waals surface area contributed by atoms with Crippen molar-refractivity contribution in [2.45, 2.75) is 44.3 Å². The molecule has 1 rings (SSSR count). The van der Waals surface area contributed by atoms with Crippen molar-refractivity contribution < 1.29 is 29.4 Å². The lowest BCUT2D eigenvalue weighted by atomic mass is 10.0. The molecule has 3 atom stereocenters. The van der Waals surface area contributed by atoms with Crippen LogP contribution in [0.25, 0.3) is 0 Å². The highest BCUT2D eigenvalue weighted by Gasteiger charge is 2.25. The zero-order chi connectivity index (χ0) is 25.0. The summed E-state index contributed by atoms with van der Waals surface area (Å²) in [5, 5.41) is 25.6. The number of phenols is 1. The summed E-state index contributed by atoms with van der Waals surface area (Å²) in [7, 11) is 0. The second-order valence-corrected chi connectivity index (χ2v) is 7.33. The minimum atomic E-state index is -1.24. The van der Waals surface area contributed by atoms with Crippen molar-refractivity contribution in [2.24, 2.45) is 22.2 Å². The van der Waals surface area contributed by atoms with Crippen molar-refractivity contribution in [3.8, 4) is 5.75 Å². The number of benzene rings is 1. The van der Waals surface area contributed by atoms with E-state index >= 15 is 0 Å². The predicted octanol–water partition coefficient (Wildman–Crippen LogP) is -2.49. The number of amides is 3. The number of hydrogen-bond donors (Lipinski definition) is 8. The molecule has 0 aliphatic carbocycles. The van der Waals surface area contributed by atoms with Crippen LogP contribution >= 0.6 is 0 Å². The van der Waals surface area contributed by atoms with Crippen LogP contribution in [0, 0.1) is 0 Å². The van der Waals surface area contributed by atoms with E-state index in [1.165, 1.54) is 19.1 Å². The maximum Gasteiger partial charge on any atom is 0.325 e. The SMILES string of the molecule is CC(NC(=O)C(Cc1ccc(O)cc1)NC(=O)CNC(=O)C(N)CCCN=C(N)N)C(=O)O. The molecule has 0 spiro atoms. The van der Waals surface area contributed by atoms with Crippen molar-refractivity contribution in [3.63, 3.8) is 0 Å². The van der Waals surface area contributed by atoms with Crippen LogP contribution in [0.1, 0.15) is 25.3 Å². The van der Waals surface area contributed by atoms with E-state index in [2.05, 4.69) is 20.9 Å². The lowest BCUT2D eigenvalue weighted by Crippen LogP contribution is -2.54. The zero-order valence-corrected chi connectivity index (χ0v) is 18.3. The van der Waals surface area contributed by atoms with Crippen LogP contribution in [0.3, 0.4) is 0 Å². The molecule has 13 heteroatoms. The smallest absolute Gasteiger partial charge is 0.325 e. The first kappa shape index (κ1) is 27.2. The number of carbonyl (C=O) groups excluding carboxylic acids is 3. The van der Waals surface area contributed by atoms with E-state index < -0.39 is 48.4 Å². The fraction of sp³-hybridized carbons (Fsp3) is 0.450. The summed E-state index contributed by atoms with van der Waals surface area (Å²) >= 11 is 0. The first-order valence-electron chi connectivity index (χ1n) is 10.2. The fourth-order valence-corrected chi connectivity index (χ4v) is 2.65. The third kappa shape index (κ3) is 10.8. The Balaban J connectivity index is 2.67. The Bertz CT molecular complexity index is 855. The average molecular weight is 466 g/mol. The number of nitrogens with one attached hydrogen (secondary N) is 3. The van der Waals surface area contributed by atoms with Crippen molar-refractivity contribution in [3.05, 3.63) is 29.8 Å². The standard InChI is InChI=1S/C20H31N7O6/c1-11(19(32)33)26-18(31)15(9-12-4-6-13(28)7-5-12)27-16(29)10-25-17(30)14(21)3-2-8-24-20(22)23/h4-7,11,14-15,28H,2-3,8-10,21H2,1H3,(H,25,30)(H,26,31)(H,27,29)(H,32,33)(H4,22,23,24). The van der Waals surface area contributed by atoms with Crippen LogP contribution in [-0.2, 0) is 25.6 Å². The van der Waals surface area contributed by atoms with E-state index in [-0.39, 0.29) is 18.1 Å². The Hall–Kier alpha value is -3.87. The number of aliphatic carboxylic acids is 1. The highest BCUT2D eigenvalue weighted by Crippen LogP contribution is 2.11. The van der Waals surface area contributed by atoms with Gasteiger partial charge in [0.1, 0.15) is 17.8 Å². The van der Waals surface area contributed by atoms with Gasteiger partial charge in [-0.15, -0.1) is 0 Å². The lowest BCUT2D eigenvalue weighted by Gasteiger charge is -2.20. The van der Waals surface area contributed by atoms with Crippen molar-refractivity contribution in [2.75, 3.05) is 13.1 Å². The van der Waals surface area contributed by atoms with E-state index in [1.807, 2.05) is 0 Å². The number of hydrogen-bond acceptors (Lipinski definition) is 7. The maximum atomic E-state index is 12.5. The van der Waals surface area contributed by atoms with Gasteiger partial charge in [0.05, 0.1) is 12.6 Å². The minimum absolute atomic E-state index is 0.0284. The molecule has 0 aliphatic heterocycles. The molecule has 1 aromatic rings. The largest absolute Gasteiger partial charge is 0.508 e. The molecule has 0 saturated carbocycles. The van der Waals surface area contributed by atoms with E-state index in [1.54, 1.807) is 12.1 Å². The van der Waals surface area contributed by atoms with Gasteiger partial charge in [-0.2, -0.15) is 0 Å². The van der Waals surface area contributed by atoms with E-state index in [0.29, 0.717) is 24.9 Å². The topological polar surface area (TPSA) is 235 Å². The Kier molecular flexibility index (Phi) is 11.1. The van der Waals surface area contributed by atoms with Gasteiger partial charge in [-0.1, -0.05) is 12.1 Å². The number of nitrogens with two attached hydrogens (primary N) is 3. The van der Waals surface area contributed by atoms with Gasteiger partial charge < -0.3 is 43.4 Å². The van der Waals surface area contributed by atoms with Gasteiger partial charge in [0.25, 0.3) is 0 Å². The number of phenolic OH excluding ortho intramolecular Hbond substituents is 1. The molecule has 3 amide bonds. The van der Waals surface area contributed by atoms with Crippen molar-refractivity contribution in [1.29, 1.82) is 0 Å². The molecule has 3 unspecified atom stereocenters. The van der Waals surface area contributed by atoms with E-state index in [9.17, 15) is 24.3 Å². The molecular formula is C20H31N7O6. The molecule has 0 bridgehead atoms. The molecule has 0 aliphatic rings. The van der Waals surface area contributed by atoms with Crippen LogP contribution in [0.5, 0.6) is 5.75 Å². The zero-order valence-electron chi connectivity index (χ0n) is 18.3. The molecule has 182 valence electrons. The summed E-state index contributed by atoms with van der Waals surface area (Å²) in [5.74, 6) is -3.21. The highest BCUT2D eigenvalue weighted by atomic mass is 16.4. The second kappa shape index (κ2) is 13.5. The van der Waals surface area contributed by atoms with Gasteiger partial charge in [-0.25, -0.2) is 0 Å². The number of carboxylic acid groups (broad SMARTS) is 1. The predicted molar refractivity (Wildman–Crippen MR) is 120 cm³/mol. The molecule has 0 heterocycles. The first-order chi connectivity index (χ1) is 15.5. The van der Waals surface area contributed by atoms with Crippen molar-refractivity contribution in [1.82, 2.24) is 16.0 Å². The molecule has 0 aromatic heterocycles. The summed E-state index contributed by atoms with van der Waals surface area (Å²) < 4.78 is 0. The Morgan fingerprint density at radius 3 is 2.27 bits per heavy atom. The molecule has 0 saturated heterocycles. The molecule has 33 heavy (non-hydrogen) atoms. The quantitative estimate of drug-likeness (QED) is 0.0872. The number of carboxylic acids is 1. The molecule has 1 aromatic carbocycles. The molecule has 13 nitrogen and oxygen atoms in total. The van der Waals surface area contributed by atoms with Gasteiger partial charge >= 0.3 is 5.97 Å². The number of aromatic hydroxyl groups is 1. The number of aliphatic imine (C=N–C) groups is 1. The summed E-state index contributed by atoms with van der Waals surface area (Å²) in [6.45, 7) is 1.16. The number of rotatable bonds is 13. The number of nitrogens with zero attached hydrogens (tertiary/aromatic N) is 1. The molecular weight excluding hydrogens is 434 g/mol. The lowest BCUT2D eigenvalue weighted by molar-refractivity contribution is -0.141. The summed E-state index contributed by atoms with van der Waals surface area (Å²) in [5.41, 5.74) is 16.8. The molecule has 11 N–H and O–H groups in total. The van der Waals surface area contributed by atoms with Crippen molar-refractivity contribution >= 4 is 29.7 Å². The average Bonchev–Trinajstić information content (AvgIpc) is 2.75. The molecule has 0 radical (unpaired) electrons. The van der Waals surface area contributed by atoms with Gasteiger partial charge in [-0.3, -0.25) is 24.2 Å². The van der Waals surface area contributed by atoms with E-state index in [0.717, 1.165) is 0 Å². The number of guanidine groups is 1. The van der Waals surface area contributed by atoms with Gasteiger partial charge in [-0.05, 0) is 37.5 Å². The Morgan fingerprint density at radius 1 is 1.06 bits per heavy atom. The monoisotopic (exact) mass is 465 g/mol. The van der Waals surface area contributed by atoms with Gasteiger partial charge in [0.15, 0.2) is 5.96 Å². The Morgan fingerprint density at radius 2 is 1.70 bits per heavy atom. The third-order valence-electron chi connectivity index (χ3n) is 4.48. The third-order valence-corrected chi connectivity index (χ3v) is 4.48. The Labute approximate surface area is 190 Å². The summed E-state index contributed by atoms with van der Waals surface area (Å²) in [6, 6.07) is 2.79. The van der Waals surface area contributed by atoms with Crippen LogP contribution in [0.15, 0.2) is 29.3 Å². The molecule has 0 fully saturated rings. The normalized spacial score (nSPS) is 13.2. The van der Waals surface area contributed by atoms with Crippen LogP contribution < -0.4 is 33.2 Å². The van der Waals surface area contributed by atoms with Gasteiger partial charge in [0, 0.05) is 13.0 Å². The van der Waals surface area contributed by atoms with Crippen LogP contribution in [-0.4, -0.2) is 71.1 Å². The first-order valence-corrected chi connectivity index (χ1v) is 10.2. The maximum absolute atomic E-state index is 12.5. The summed E-state index contributed by atoms with van der Waals surface area (Å²) in [6.07, 6.45) is 0.793. The van der Waals surface area contributed by atoms with E-state index in [4.69, 9.17) is 22.3 Å². The van der Waals surface area contributed by atoms with Crippen LogP contribution in [0.2, 0.25) is 0 Å². The van der Waals surface area contributed by atoms with Crippen LogP contribution in [0.4, 0.5) is 0 Å². The highest BCUT2D eigenvalue weighted by molar-refractivity contribution is 5.92. The minimum Gasteiger partial charge on any atom is -0.508 e. The fourth-order valence-electron chi connectivity index (χ4n) is 2.65. The second-order valence-electron chi connectivity index (χ2n) is 7.33. The number of carbonyl (C=O) groups is 4.